The lowest BCUT2D eigenvalue weighted by molar-refractivity contribution is 0.193. The molecule has 2 N–H and O–H groups in total. The van der Waals surface area contributed by atoms with Gasteiger partial charge in [0, 0.05) is 12.6 Å². The number of aliphatic hydroxyl groups excluding tert-OH is 1. The summed E-state index contributed by atoms with van der Waals surface area (Å²) in [7, 11) is 0. The van der Waals surface area contributed by atoms with Gasteiger partial charge in [-0.1, -0.05) is 17.7 Å². The van der Waals surface area contributed by atoms with Crippen LogP contribution in [0.4, 0.5) is 4.39 Å². The molecule has 0 spiro atoms. The highest BCUT2D eigenvalue weighted by atomic mass is 35.5. The Morgan fingerprint density at radius 3 is 2.86 bits per heavy atom. The van der Waals surface area contributed by atoms with E-state index >= 15 is 0 Å². The molecule has 2 atom stereocenters. The number of hydrogen-bond donors (Lipinski definition) is 2. The summed E-state index contributed by atoms with van der Waals surface area (Å²) in [5.41, 5.74) is 0.924. The first-order chi connectivity index (χ1) is 6.66. The molecule has 0 aromatic heterocycles. The van der Waals surface area contributed by atoms with Gasteiger partial charge >= 0.3 is 0 Å². The molecule has 1 heterocycles. The second kappa shape index (κ2) is 3.85. The van der Waals surface area contributed by atoms with Gasteiger partial charge in [0.2, 0.25) is 0 Å². The van der Waals surface area contributed by atoms with Crippen molar-refractivity contribution >= 4 is 11.6 Å². The van der Waals surface area contributed by atoms with E-state index in [1.165, 1.54) is 6.07 Å². The van der Waals surface area contributed by atoms with Crippen LogP contribution in [-0.2, 0) is 0 Å². The molecule has 0 saturated carbocycles. The van der Waals surface area contributed by atoms with Crippen LogP contribution in [0.1, 0.15) is 18.0 Å². The van der Waals surface area contributed by atoms with Crippen molar-refractivity contribution in [1.29, 1.82) is 0 Å². The fourth-order valence-corrected chi connectivity index (χ4v) is 1.89. The van der Waals surface area contributed by atoms with Crippen LogP contribution in [0, 0.1) is 5.82 Å². The molecule has 4 heteroatoms. The first-order valence-corrected chi connectivity index (χ1v) is 4.91. The predicted octanol–water partition coefficient (Wildman–Crippen LogP) is 1.87. The van der Waals surface area contributed by atoms with E-state index in [-0.39, 0.29) is 17.2 Å². The summed E-state index contributed by atoms with van der Waals surface area (Å²) < 4.78 is 12.9. The highest BCUT2D eigenvalue weighted by Crippen LogP contribution is 2.26. The van der Waals surface area contributed by atoms with Crippen molar-refractivity contribution in [2.45, 2.75) is 18.6 Å². The van der Waals surface area contributed by atoms with Gasteiger partial charge in [0.1, 0.15) is 5.82 Å². The summed E-state index contributed by atoms with van der Waals surface area (Å²) in [4.78, 5) is 0. The number of benzene rings is 1. The third kappa shape index (κ3) is 1.90. The quantitative estimate of drug-likeness (QED) is 0.750. The van der Waals surface area contributed by atoms with Crippen LogP contribution in [0.3, 0.4) is 0 Å². The number of hydrogen-bond acceptors (Lipinski definition) is 2. The zero-order valence-corrected chi connectivity index (χ0v) is 8.26. The molecule has 1 aliphatic rings. The smallest absolute Gasteiger partial charge is 0.141 e. The van der Waals surface area contributed by atoms with Crippen molar-refractivity contribution < 1.29 is 9.50 Å². The lowest BCUT2D eigenvalue weighted by Crippen LogP contribution is -2.14. The molecule has 1 aromatic carbocycles. The van der Waals surface area contributed by atoms with Gasteiger partial charge in [-0.2, -0.15) is 0 Å². The van der Waals surface area contributed by atoms with Crippen LogP contribution in [0.25, 0.3) is 0 Å². The summed E-state index contributed by atoms with van der Waals surface area (Å²) in [6.45, 7) is 0.583. The van der Waals surface area contributed by atoms with Gasteiger partial charge in [-0.3, -0.25) is 0 Å². The maximum absolute atomic E-state index is 12.9. The first kappa shape index (κ1) is 9.90. The van der Waals surface area contributed by atoms with Crippen LogP contribution in [-0.4, -0.2) is 17.8 Å². The SMILES string of the molecule is OC1CNC(c2ccc(F)c(Cl)c2)C1. The standard InChI is InChI=1S/C10H11ClFNO/c11-8-3-6(1-2-9(8)12)10-4-7(14)5-13-10/h1-3,7,10,13-14H,4-5H2. The Kier molecular flexibility index (Phi) is 2.72. The highest BCUT2D eigenvalue weighted by molar-refractivity contribution is 6.30. The molecule has 2 nitrogen and oxygen atoms in total. The topological polar surface area (TPSA) is 32.3 Å². The van der Waals surface area contributed by atoms with Crippen molar-refractivity contribution in [2.75, 3.05) is 6.54 Å². The Hall–Kier alpha value is -0.640. The Balaban J connectivity index is 2.20. The zero-order valence-electron chi connectivity index (χ0n) is 7.50. The van der Waals surface area contributed by atoms with Crippen LogP contribution in [0.5, 0.6) is 0 Å². The predicted molar refractivity (Wildman–Crippen MR) is 52.8 cm³/mol. The number of β-amino-alcohol motifs (C(OH)–C–C–N with tert-alkyl or cyclic N) is 1. The molecule has 2 rings (SSSR count). The van der Waals surface area contributed by atoms with E-state index < -0.39 is 5.82 Å². The minimum Gasteiger partial charge on any atom is -0.392 e. The minimum atomic E-state index is -0.408. The monoisotopic (exact) mass is 215 g/mol. The number of aliphatic hydroxyl groups is 1. The van der Waals surface area contributed by atoms with Gasteiger partial charge in [0.05, 0.1) is 11.1 Å². The van der Waals surface area contributed by atoms with Crippen LogP contribution >= 0.6 is 11.6 Å². The van der Waals surface area contributed by atoms with Gasteiger partial charge in [0.25, 0.3) is 0 Å². The van der Waals surface area contributed by atoms with Crippen LogP contribution in [0.2, 0.25) is 5.02 Å². The molecule has 1 aliphatic heterocycles. The fourth-order valence-electron chi connectivity index (χ4n) is 1.70. The molecule has 1 aromatic rings. The summed E-state index contributed by atoms with van der Waals surface area (Å²) in [6.07, 6.45) is 0.339. The van der Waals surface area contributed by atoms with E-state index in [9.17, 15) is 9.50 Å². The molecule has 0 bridgehead atoms. The normalized spacial score (nSPS) is 26.8. The van der Waals surface area contributed by atoms with Gasteiger partial charge in [-0.25, -0.2) is 4.39 Å². The third-order valence-corrected chi connectivity index (χ3v) is 2.74. The summed E-state index contributed by atoms with van der Waals surface area (Å²) >= 11 is 5.66. The lowest BCUT2D eigenvalue weighted by Gasteiger charge is -2.10. The molecule has 14 heavy (non-hydrogen) atoms. The number of nitrogens with one attached hydrogen (secondary N) is 1. The van der Waals surface area contributed by atoms with E-state index in [1.54, 1.807) is 12.1 Å². The van der Waals surface area contributed by atoms with E-state index in [0.29, 0.717) is 13.0 Å². The molecule has 0 aliphatic carbocycles. The average molecular weight is 216 g/mol. The van der Waals surface area contributed by atoms with Crippen LogP contribution < -0.4 is 5.32 Å². The van der Waals surface area contributed by atoms with Crippen molar-refractivity contribution in [3.63, 3.8) is 0 Å². The Morgan fingerprint density at radius 1 is 1.50 bits per heavy atom. The van der Waals surface area contributed by atoms with E-state index in [0.717, 1.165) is 5.56 Å². The molecule has 2 unspecified atom stereocenters. The molecule has 0 amide bonds. The molecule has 0 radical (unpaired) electrons. The maximum Gasteiger partial charge on any atom is 0.141 e. The van der Waals surface area contributed by atoms with Crippen molar-refractivity contribution in [1.82, 2.24) is 5.32 Å². The average Bonchev–Trinajstić information content (AvgIpc) is 2.57. The Morgan fingerprint density at radius 2 is 2.29 bits per heavy atom. The number of halogens is 2. The zero-order chi connectivity index (χ0) is 10.1. The fraction of sp³-hybridized carbons (Fsp3) is 0.400. The molecule has 1 saturated heterocycles. The van der Waals surface area contributed by atoms with Crippen molar-refractivity contribution in [3.8, 4) is 0 Å². The van der Waals surface area contributed by atoms with Gasteiger partial charge in [-0.05, 0) is 24.1 Å². The highest BCUT2D eigenvalue weighted by Gasteiger charge is 2.23. The Bertz CT molecular complexity index is 345. The number of rotatable bonds is 1. The van der Waals surface area contributed by atoms with E-state index in [1.807, 2.05) is 0 Å². The minimum absolute atomic E-state index is 0.0862. The second-order valence-corrected chi connectivity index (χ2v) is 3.93. The van der Waals surface area contributed by atoms with Gasteiger partial charge in [0.15, 0.2) is 0 Å². The van der Waals surface area contributed by atoms with E-state index in [2.05, 4.69) is 5.32 Å². The summed E-state index contributed by atoms with van der Waals surface area (Å²) in [5.74, 6) is -0.408. The first-order valence-electron chi connectivity index (χ1n) is 4.53. The molecular weight excluding hydrogens is 205 g/mol. The lowest BCUT2D eigenvalue weighted by atomic mass is 10.0. The van der Waals surface area contributed by atoms with Crippen molar-refractivity contribution in [2.24, 2.45) is 0 Å². The van der Waals surface area contributed by atoms with Crippen LogP contribution in [0.15, 0.2) is 18.2 Å². The van der Waals surface area contributed by atoms with Crippen molar-refractivity contribution in [3.05, 3.63) is 34.6 Å². The summed E-state index contributed by atoms with van der Waals surface area (Å²) in [5, 5.41) is 12.6. The van der Waals surface area contributed by atoms with E-state index in [4.69, 9.17) is 11.6 Å². The largest absolute Gasteiger partial charge is 0.392 e. The second-order valence-electron chi connectivity index (χ2n) is 3.52. The van der Waals surface area contributed by atoms with Gasteiger partial charge in [-0.15, -0.1) is 0 Å². The van der Waals surface area contributed by atoms with Gasteiger partial charge < -0.3 is 10.4 Å². The molecule has 76 valence electrons. The molecule has 1 fully saturated rings. The third-order valence-electron chi connectivity index (χ3n) is 2.45. The maximum atomic E-state index is 12.9. The molecular formula is C10H11ClFNO. The Labute approximate surface area is 86.7 Å². The summed E-state index contributed by atoms with van der Waals surface area (Å²) in [6, 6.07) is 4.73.